The lowest BCUT2D eigenvalue weighted by Gasteiger charge is -2.24. The van der Waals surface area contributed by atoms with E-state index in [1.54, 1.807) is 44.2 Å². The van der Waals surface area contributed by atoms with Crippen molar-refractivity contribution in [2.45, 2.75) is 26.8 Å². The number of rotatable bonds is 5. The number of benzene rings is 2. The molecule has 1 aliphatic heterocycles. The lowest BCUT2D eigenvalue weighted by molar-refractivity contribution is -0.139. The Labute approximate surface area is 193 Å². The van der Waals surface area contributed by atoms with Crippen molar-refractivity contribution in [2.24, 2.45) is 4.99 Å². The molecule has 0 aliphatic carbocycles. The molecule has 0 radical (unpaired) electrons. The minimum absolute atomic E-state index is 0.217. The predicted molar refractivity (Wildman–Crippen MR) is 125 cm³/mol. The van der Waals surface area contributed by atoms with Crippen LogP contribution in [0, 0.1) is 0 Å². The molecular weight excluding hydrogens is 440 g/mol. The first kappa shape index (κ1) is 22.4. The van der Waals surface area contributed by atoms with Crippen molar-refractivity contribution in [3.63, 3.8) is 0 Å². The topological polar surface area (TPSA) is 87.0 Å². The Balaban J connectivity index is 1.94. The lowest BCUT2D eigenvalue weighted by Crippen LogP contribution is -2.39. The monoisotopic (exact) mass is 462 g/mol. The zero-order chi connectivity index (χ0) is 23.5. The fourth-order valence-electron chi connectivity index (χ4n) is 3.73. The number of fused-ring (bicyclic) bond motifs is 1. The molecule has 1 aromatic heterocycles. The second kappa shape index (κ2) is 9.38. The highest BCUT2D eigenvalue weighted by atomic mass is 32.1. The van der Waals surface area contributed by atoms with E-state index in [9.17, 15) is 14.4 Å². The summed E-state index contributed by atoms with van der Waals surface area (Å²) in [4.78, 5) is 42.9. The normalized spacial score (nSPS) is 15.6. The van der Waals surface area contributed by atoms with Gasteiger partial charge in [0, 0.05) is 12.5 Å². The number of ether oxygens (including phenoxy) is 2. The summed E-state index contributed by atoms with van der Waals surface area (Å²) in [5.74, 6) is -0.586. The van der Waals surface area contributed by atoms with E-state index in [2.05, 4.69) is 4.99 Å². The molecule has 0 N–H and O–H groups in total. The maximum atomic E-state index is 13.6. The van der Waals surface area contributed by atoms with Crippen LogP contribution in [0.4, 0.5) is 0 Å². The van der Waals surface area contributed by atoms with Crippen LogP contribution in [0.1, 0.15) is 37.9 Å². The molecular formula is C25H22N2O5S. The van der Waals surface area contributed by atoms with Crippen molar-refractivity contribution >= 4 is 29.4 Å². The van der Waals surface area contributed by atoms with Crippen molar-refractivity contribution in [1.29, 1.82) is 0 Å². The van der Waals surface area contributed by atoms with Crippen LogP contribution in [0.3, 0.4) is 0 Å². The molecule has 2 aromatic carbocycles. The third-order valence-electron chi connectivity index (χ3n) is 5.09. The van der Waals surface area contributed by atoms with E-state index in [4.69, 9.17) is 9.47 Å². The minimum atomic E-state index is -0.660. The second-order valence-electron chi connectivity index (χ2n) is 7.34. The van der Waals surface area contributed by atoms with Crippen LogP contribution < -0.4 is 19.6 Å². The molecule has 1 aliphatic rings. The molecule has 33 heavy (non-hydrogen) atoms. The predicted octanol–water partition coefficient (Wildman–Crippen LogP) is 2.72. The number of esters is 2. The number of para-hydroxylation sites is 1. The van der Waals surface area contributed by atoms with Crippen LogP contribution in [-0.4, -0.2) is 23.1 Å². The lowest BCUT2D eigenvalue weighted by atomic mass is 9.96. The molecule has 0 bridgehead atoms. The first-order valence-corrected chi connectivity index (χ1v) is 11.2. The van der Waals surface area contributed by atoms with Crippen molar-refractivity contribution in [1.82, 2.24) is 4.57 Å². The van der Waals surface area contributed by atoms with E-state index in [1.807, 2.05) is 30.3 Å². The SMILES string of the molecule is CCOC(=O)C1=C(C)N=c2sc(=Cc3ccccc3OC(C)=O)c(=O)n2[C@@H]1c1ccccc1. The standard InChI is InChI=1S/C25H22N2O5S/c1-4-31-24(30)21-15(2)26-25-27(22(21)17-10-6-5-7-11-17)23(29)20(33-25)14-18-12-8-9-13-19(18)32-16(3)28/h5-14,22H,4H2,1-3H3/t22-/m1/s1. The Kier molecular flexibility index (Phi) is 6.37. The number of nitrogens with zero attached hydrogens (tertiary/aromatic N) is 2. The molecule has 0 amide bonds. The van der Waals surface area contributed by atoms with E-state index in [1.165, 1.54) is 22.8 Å². The minimum Gasteiger partial charge on any atom is -0.463 e. The van der Waals surface area contributed by atoms with Crippen molar-refractivity contribution in [3.8, 4) is 5.75 Å². The molecule has 1 atom stereocenters. The number of carbonyl (C=O) groups excluding carboxylic acids is 2. The quantitative estimate of drug-likeness (QED) is 0.430. The van der Waals surface area contributed by atoms with E-state index in [0.717, 1.165) is 5.56 Å². The Bertz CT molecular complexity index is 1430. The number of hydrogen-bond donors (Lipinski definition) is 0. The molecule has 168 valence electrons. The second-order valence-corrected chi connectivity index (χ2v) is 8.35. The number of carbonyl (C=O) groups is 2. The summed E-state index contributed by atoms with van der Waals surface area (Å²) in [6, 6.07) is 15.7. The van der Waals surface area contributed by atoms with Crippen LogP contribution in [0.25, 0.3) is 6.08 Å². The molecule has 4 rings (SSSR count). The van der Waals surface area contributed by atoms with Gasteiger partial charge in [-0.2, -0.15) is 0 Å². The van der Waals surface area contributed by atoms with Gasteiger partial charge in [0.25, 0.3) is 5.56 Å². The van der Waals surface area contributed by atoms with Gasteiger partial charge in [-0.1, -0.05) is 59.9 Å². The summed E-state index contributed by atoms with van der Waals surface area (Å²) >= 11 is 1.22. The van der Waals surface area contributed by atoms with Gasteiger partial charge in [-0.15, -0.1) is 0 Å². The van der Waals surface area contributed by atoms with Gasteiger partial charge in [0.2, 0.25) is 0 Å². The molecule has 0 spiro atoms. The summed E-state index contributed by atoms with van der Waals surface area (Å²) in [6.45, 7) is 5.02. The van der Waals surface area contributed by atoms with Gasteiger partial charge < -0.3 is 9.47 Å². The van der Waals surface area contributed by atoms with E-state index >= 15 is 0 Å². The smallest absolute Gasteiger partial charge is 0.338 e. The third-order valence-corrected chi connectivity index (χ3v) is 6.07. The van der Waals surface area contributed by atoms with Crippen LogP contribution in [0.2, 0.25) is 0 Å². The summed E-state index contributed by atoms with van der Waals surface area (Å²) in [5.41, 5.74) is 1.93. The molecule has 2 heterocycles. The van der Waals surface area contributed by atoms with Gasteiger partial charge in [0.1, 0.15) is 5.75 Å². The zero-order valence-corrected chi connectivity index (χ0v) is 19.2. The first-order chi connectivity index (χ1) is 15.9. The van der Waals surface area contributed by atoms with E-state index < -0.39 is 18.0 Å². The van der Waals surface area contributed by atoms with Gasteiger partial charge in [-0.25, -0.2) is 9.79 Å². The Morgan fingerprint density at radius 1 is 1.12 bits per heavy atom. The van der Waals surface area contributed by atoms with Gasteiger partial charge in [0.15, 0.2) is 4.80 Å². The maximum Gasteiger partial charge on any atom is 0.338 e. The fourth-order valence-corrected chi connectivity index (χ4v) is 4.77. The Hall–Kier alpha value is -3.78. The van der Waals surface area contributed by atoms with Gasteiger partial charge >= 0.3 is 11.9 Å². The van der Waals surface area contributed by atoms with Crippen LogP contribution >= 0.6 is 11.3 Å². The van der Waals surface area contributed by atoms with Crippen molar-refractivity contribution < 1.29 is 19.1 Å². The number of allylic oxidation sites excluding steroid dienone is 1. The number of aromatic nitrogens is 1. The van der Waals surface area contributed by atoms with Crippen LogP contribution in [-0.2, 0) is 14.3 Å². The molecule has 8 heteroatoms. The average Bonchev–Trinajstić information content (AvgIpc) is 3.09. The largest absolute Gasteiger partial charge is 0.463 e. The summed E-state index contributed by atoms with van der Waals surface area (Å²) in [7, 11) is 0. The van der Waals surface area contributed by atoms with Crippen LogP contribution in [0.5, 0.6) is 5.75 Å². The van der Waals surface area contributed by atoms with Gasteiger partial charge in [-0.3, -0.25) is 14.2 Å². The summed E-state index contributed by atoms with van der Waals surface area (Å²) in [5, 5.41) is 0. The fraction of sp³-hybridized carbons (Fsp3) is 0.200. The first-order valence-electron chi connectivity index (χ1n) is 10.4. The Morgan fingerprint density at radius 2 is 1.82 bits per heavy atom. The van der Waals surface area contributed by atoms with Gasteiger partial charge in [-0.05, 0) is 31.6 Å². The van der Waals surface area contributed by atoms with Crippen molar-refractivity contribution in [3.05, 3.63) is 96.7 Å². The molecule has 0 unspecified atom stereocenters. The molecule has 0 saturated carbocycles. The van der Waals surface area contributed by atoms with Crippen molar-refractivity contribution in [2.75, 3.05) is 6.61 Å². The van der Waals surface area contributed by atoms with Crippen LogP contribution in [0.15, 0.2) is 75.7 Å². The van der Waals surface area contributed by atoms with Gasteiger partial charge in [0.05, 0.1) is 28.5 Å². The highest BCUT2D eigenvalue weighted by molar-refractivity contribution is 7.07. The molecule has 3 aromatic rings. The zero-order valence-electron chi connectivity index (χ0n) is 18.4. The Morgan fingerprint density at radius 3 is 2.52 bits per heavy atom. The van der Waals surface area contributed by atoms with E-state index in [-0.39, 0.29) is 12.2 Å². The van der Waals surface area contributed by atoms with E-state index in [0.29, 0.717) is 31.9 Å². The molecule has 0 saturated heterocycles. The maximum absolute atomic E-state index is 13.6. The highest BCUT2D eigenvalue weighted by Crippen LogP contribution is 2.30. The molecule has 0 fully saturated rings. The summed E-state index contributed by atoms with van der Waals surface area (Å²) < 4.78 is 12.5. The highest BCUT2D eigenvalue weighted by Gasteiger charge is 2.33. The molecule has 7 nitrogen and oxygen atoms in total. The number of hydrogen-bond acceptors (Lipinski definition) is 7. The third kappa shape index (κ3) is 4.42. The summed E-state index contributed by atoms with van der Waals surface area (Å²) in [6.07, 6.45) is 1.67. The average molecular weight is 463 g/mol. The number of thiazole rings is 1.